The Balaban J connectivity index is 1.88. The lowest BCUT2D eigenvalue weighted by molar-refractivity contribution is 0.117. The topological polar surface area (TPSA) is 58.4 Å². The molecule has 2 fully saturated rings. The summed E-state index contributed by atoms with van der Waals surface area (Å²) in [5, 5.41) is 0.160. The molecule has 0 amide bonds. The number of imidazole rings is 1. The summed E-state index contributed by atoms with van der Waals surface area (Å²) >= 11 is 0. The number of hydrogen-bond acceptors (Lipinski definition) is 4. The number of aromatic nitrogens is 2. The molecule has 3 rings (SSSR count). The zero-order chi connectivity index (χ0) is 13.6. The fourth-order valence-electron chi connectivity index (χ4n) is 3.14. The van der Waals surface area contributed by atoms with Crippen molar-refractivity contribution in [3.05, 3.63) is 12.5 Å². The molecule has 0 radical (unpaired) electrons. The molecule has 2 aliphatic heterocycles. The highest BCUT2D eigenvalue weighted by atomic mass is 32.2. The molecule has 2 saturated heterocycles. The van der Waals surface area contributed by atoms with Crippen LogP contribution >= 0.6 is 0 Å². The van der Waals surface area contributed by atoms with E-state index in [1.165, 1.54) is 12.7 Å². The van der Waals surface area contributed by atoms with E-state index in [-0.39, 0.29) is 11.1 Å². The third-order valence-corrected chi connectivity index (χ3v) is 6.00. The summed E-state index contributed by atoms with van der Waals surface area (Å²) in [4.78, 5) is 6.41. The van der Waals surface area contributed by atoms with Crippen molar-refractivity contribution in [2.24, 2.45) is 7.05 Å². The molecular weight excluding hydrogens is 264 g/mol. The number of piperazine rings is 1. The van der Waals surface area contributed by atoms with Gasteiger partial charge in [-0.05, 0) is 26.3 Å². The first-order valence-electron chi connectivity index (χ1n) is 6.72. The van der Waals surface area contributed by atoms with Gasteiger partial charge in [0.15, 0.2) is 5.03 Å². The number of sulfonamides is 1. The van der Waals surface area contributed by atoms with E-state index in [9.17, 15) is 8.42 Å². The Labute approximate surface area is 114 Å². The first-order chi connectivity index (χ1) is 8.98. The molecule has 0 saturated carbocycles. The van der Waals surface area contributed by atoms with E-state index in [0.717, 1.165) is 19.5 Å². The van der Waals surface area contributed by atoms with Crippen LogP contribution in [0.4, 0.5) is 0 Å². The molecule has 19 heavy (non-hydrogen) atoms. The van der Waals surface area contributed by atoms with Crippen LogP contribution in [0.1, 0.15) is 19.8 Å². The minimum absolute atomic E-state index is 0.0151. The van der Waals surface area contributed by atoms with E-state index in [1.807, 2.05) is 6.92 Å². The fraction of sp³-hybridized carbons (Fsp3) is 0.750. The van der Waals surface area contributed by atoms with Crippen molar-refractivity contribution >= 4 is 10.0 Å². The molecule has 0 N–H and O–H groups in total. The van der Waals surface area contributed by atoms with Gasteiger partial charge in [0.2, 0.25) is 0 Å². The van der Waals surface area contributed by atoms with Gasteiger partial charge in [0.05, 0.1) is 6.33 Å². The molecule has 1 aromatic rings. The van der Waals surface area contributed by atoms with Crippen LogP contribution in [-0.2, 0) is 17.1 Å². The van der Waals surface area contributed by atoms with Gasteiger partial charge in [-0.25, -0.2) is 13.4 Å². The van der Waals surface area contributed by atoms with Crippen LogP contribution < -0.4 is 0 Å². The smallest absolute Gasteiger partial charge is 0.262 e. The Morgan fingerprint density at radius 1 is 1.37 bits per heavy atom. The predicted octanol–water partition coefficient (Wildman–Crippen LogP) is 0.277. The summed E-state index contributed by atoms with van der Waals surface area (Å²) in [5.74, 6) is 0. The van der Waals surface area contributed by atoms with Gasteiger partial charge in [-0.2, -0.15) is 4.31 Å². The number of aryl methyl sites for hydroxylation is 1. The highest BCUT2D eigenvalue weighted by molar-refractivity contribution is 7.89. The van der Waals surface area contributed by atoms with Crippen LogP contribution in [0.5, 0.6) is 0 Å². The highest BCUT2D eigenvalue weighted by Crippen LogP contribution is 2.28. The normalized spacial score (nSPS) is 29.6. The van der Waals surface area contributed by atoms with Crippen LogP contribution in [0, 0.1) is 0 Å². The van der Waals surface area contributed by atoms with Gasteiger partial charge in [0, 0.05) is 38.4 Å². The van der Waals surface area contributed by atoms with Crippen LogP contribution in [0.2, 0.25) is 0 Å². The van der Waals surface area contributed by atoms with Crippen molar-refractivity contribution in [1.29, 1.82) is 0 Å². The first-order valence-corrected chi connectivity index (χ1v) is 8.16. The standard InChI is InChI=1S/C12H20N4O2S/c1-10-6-15-5-3-4-11(15)7-16(10)19(17,18)12-8-14(2)9-13-12/h8-11H,3-7H2,1-2H3/t10-,11+/m1/s1. The number of hydrogen-bond donors (Lipinski definition) is 0. The lowest BCUT2D eigenvalue weighted by Gasteiger charge is -2.40. The van der Waals surface area contributed by atoms with Gasteiger partial charge in [0.25, 0.3) is 10.0 Å². The van der Waals surface area contributed by atoms with E-state index in [4.69, 9.17) is 0 Å². The van der Waals surface area contributed by atoms with Crippen LogP contribution in [0.25, 0.3) is 0 Å². The van der Waals surface area contributed by atoms with E-state index in [1.54, 1.807) is 22.1 Å². The highest BCUT2D eigenvalue weighted by Gasteiger charge is 2.40. The quantitative estimate of drug-likeness (QED) is 0.782. The molecule has 3 heterocycles. The summed E-state index contributed by atoms with van der Waals surface area (Å²) in [7, 11) is -1.67. The molecule has 0 bridgehead atoms. The zero-order valence-corrected chi connectivity index (χ0v) is 12.2. The summed E-state index contributed by atoms with van der Waals surface area (Å²) in [6, 6.07) is 0.399. The number of rotatable bonds is 2. The van der Waals surface area contributed by atoms with E-state index in [0.29, 0.717) is 12.6 Å². The Morgan fingerprint density at radius 2 is 2.16 bits per heavy atom. The van der Waals surface area contributed by atoms with Crippen molar-refractivity contribution in [1.82, 2.24) is 18.8 Å². The third kappa shape index (κ3) is 2.19. The summed E-state index contributed by atoms with van der Waals surface area (Å²) in [6.45, 7) is 4.51. The maximum atomic E-state index is 12.6. The molecule has 0 spiro atoms. The second-order valence-corrected chi connectivity index (χ2v) is 7.43. The first kappa shape index (κ1) is 13.1. The lowest BCUT2D eigenvalue weighted by atomic mass is 10.1. The second kappa shape index (κ2) is 4.57. The Morgan fingerprint density at radius 3 is 2.84 bits per heavy atom. The van der Waals surface area contributed by atoms with Crippen molar-refractivity contribution in [2.75, 3.05) is 19.6 Å². The van der Waals surface area contributed by atoms with Gasteiger partial charge >= 0.3 is 0 Å². The molecule has 0 aliphatic carbocycles. The maximum Gasteiger partial charge on any atom is 0.262 e. The third-order valence-electron chi connectivity index (χ3n) is 4.13. The van der Waals surface area contributed by atoms with E-state index >= 15 is 0 Å². The zero-order valence-electron chi connectivity index (χ0n) is 11.4. The van der Waals surface area contributed by atoms with Crippen LogP contribution in [0.3, 0.4) is 0 Å². The monoisotopic (exact) mass is 284 g/mol. The molecule has 7 heteroatoms. The predicted molar refractivity (Wildman–Crippen MR) is 71.2 cm³/mol. The molecule has 0 unspecified atom stereocenters. The van der Waals surface area contributed by atoms with Crippen molar-refractivity contribution in [3.8, 4) is 0 Å². The van der Waals surface area contributed by atoms with E-state index in [2.05, 4.69) is 9.88 Å². The van der Waals surface area contributed by atoms with Crippen molar-refractivity contribution in [2.45, 2.75) is 36.9 Å². The van der Waals surface area contributed by atoms with Crippen LogP contribution in [-0.4, -0.2) is 58.9 Å². The van der Waals surface area contributed by atoms with Gasteiger partial charge in [0.1, 0.15) is 0 Å². The number of nitrogens with zero attached hydrogens (tertiary/aromatic N) is 4. The van der Waals surface area contributed by atoms with Gasteiger partial charge in [-0.15, -0.1) is 0 Å². The van der Waals surface area contributed by atoms with Gasteiger partial charge in [-0.3, -0.25) is 4.90 Å². The van der Waals surface area contributed by atoms with Crippen molar-refractivity contribution < 1.29 is 8.42 Å². The van der Waals surface area contributed by atoms with Crippen molar-refractivity contribution in [3.63, 3.8) is 0 Å². The molecule has 0 aromatic carbocycles. The molecule has 2 aliphatic rings. The SMILES string of the molecule is C[C@@H]1CN2CCC[C@H]2CN1S(=O)(=O)c1cn(C)cn1. The fourth-order valence-corrected chi connectivity index (χ4v) is 4.77. The van der Waals surface area contributed by atoms with Gasteiger partial charge < -0.3 is 4.57 Å². The molecule has 2 atom stereocenters. The largest absolute Gasteiger partial charge is 0.339 e. The van der Waals surface area contributed by atoms with Crippen LogP contribution in [0.15, 0.2) is 17.6 Å². The average molecular weight is 284 g/mol. The Bertz CT molecular complexity index is 568. The second-order valence-electron chi connectivity index (χ2n) is 5.59. The minimum atomic E-state index is -3.45. The maximum absolute atomic E-state index is 12.6. The minimum Gasteiger partial charge on any atom is -0.339 e. The Kier molecular flexibility index (Phi) is 3.15. The lowest BCUT2D eigenvalue weighted by Crippen LogP contribution is -2.56. The molecule has 1 aromatic heterocycles. The average Bonchev–Trinajstić information content (AvgIpc) is 2.96. The molecule has 6 nitrogen and oxygen atoms in total. The number of fused-ring (bicyclic) bond motifs is 1. The Hall–Kier alpha value is -0.920. The summed E-state index contributed by atoms with van der Waals surface area (Å²) in [5.41, 5.74) is 0. The molecule has 106 valence electrons. The van der Waals surface area contributed by atoms with Gasteiger partial charge in [-0.1, -0.05) is 0 Å². The summed E-state index contributed by atoms with van der Waals surface area (Å²) in [6.07, 6.45) is 5.38. The van der Waals surface area contributed by atoms with E-state index < -0.39 is 10.0 Å². The summed E-state index contributed by atoms with van der Waals surface area (Å²) < 4.78 is 28.6. The molecular formula is C12H20N4O2S.